The molecule has 4 nitrogen and oxygen atoms in total. The molecule has 98 valence electrons. The van der Waals surface area contributed by atoms with Crippen LogP contribution in [-0.2, 0) is 6.54 Å². The average Bonchev–Trinajstić information content (AvgIpc) is 2.45. The lowest BCUT2D eigenvalue weighted by molar-refractivity contribution is 0.318. The summed E-state index contributed by atoms with van der Waals surface area (Å²) in [4.78, 5) is 0. The maximum absolute atomic E-state index is 8.59. The van der Waals surface area contributed by atoms with Crippen LogP contribution in [0.1, 0.15) is 11.1 Å². The molecule has 5 heteroatoms. The van der Waals surface area contributed by atoms with Crippen LogP contribution in [0.4, 0.5) is 5.69 Å². The van der Waals surface area contributed by atoms with Crippen molar-refractivity contribution in [2.75, 3.05) is 5.32 Å². The van der Waals surface area contributed by atoms with Crippen molar-refractivity contribution >= 4 is 34.1 Å². The Bertz CT molecular complexity index is 581. The molecule has 2 rings (SSSR count). The number of halogens is 1. The number of amidine groups is 1. The third-order valence-corrected chi connectivity index (χ3v) is 3.35. The fourth-order valence-corrected chi connectivity index (χ4v) is 2.20. The van der Waals surface area contributed by atoms with Gasteiger partial charge in [-0.2, -0.15) is 0 Å². The van der Waals surface area contributed by atoms with Crippen LogP contribution in [-0.4, -0.2) is 11.0 Å². The molecule has 0 atom stereocenters. The van der Waals surface area contributed by atoms with Crippen molar-refractivity contribution in [2.24, 2.45) is 10.9 Å². The molecule has 0 aliphatic carbocycles. The van der Waals surface area contributed by atoms with Gasteiger partial charge in [-0.3, -0.25) is 0 Å². The van der Waals surface area contributed by atoms with Gasteiger partial charge in [0.2, 0.25) is 0 Å². The van der Waals surface area contributed by atoms with Crippen molar-refractivity contribution in [3.63, 3.8) is 0 Å². The van der Waals surface area contributed by atoms with Crippen LogP contribution in [0.25, 0.3) is 0 Å². The number of benzene rings is 2. The second-order valence-electron chi connectivity index (χ2n) is 4.05. The van der Waals surface area contributed by atoms with Crippen molar-refractivity contribution in [1.29, 1.82) is 0 Å². The van der Waals surface area contributed by atoms with Crippen LogP contribution < -0.4 is 11.1 Å². The SMILES string of the molecule is NC(=NO)c1ccc(CNc2cccc(I)c2)cc1. The molecular weight excluding hydrogens is 353 g/mol. The van der Waals surface area contributed by atoms with Gasteiger partial charge in [-0.1, -0.05) is 35.5 Å². The van der Waals surface area contributed by atoms with E-state index < -0.39 is 0 Å². The average molecular weight is 367 g/mol. The van der Waals surface area contributed by atoms with E-state index in [1.807, 2.05) is 36.4 Å². The van der Waals surface area contributed by atoms with Crippen LogP contribution >= 0.6 is 22.6 Å². The van der Waals surface area contributed by atoms with E-state index in [1.54, 1.807) is 0 Å². The molecule has 0 aromatic heterocycles. The van der Waals surface area contributed by atoms with E-state index in [1.165, 1.54) is 3.57 Å². The Labute approximate surface area is 125 Å². The first-order valence-corrected chi connectivity index (χ1v) is 6.83. The summed E-state index contributed by atoms with van der Waals surface area (Å²) in [6.07, 6.45) is 0. The van der Waals surface area contributed by atoms with Crippen molar-refractivity contribution in [1.82, 2.24) is 0 Å². The summed E-state index contributed by atoms with van der Waals surface area (Å²) in [7, 11) is 0. The Morgan fingerprint density at radius 2 is 1.95 bits per heavy atom. The number of hydrogen-bond acceptors (Lipinski definition) is 3. The summed E-state index contributed by atoms with van der Waals surface area (Å²) in [5, 5.41) is 14.9. The predicted octanol–water partition coefficient (Wildman–Crippen LogP) is 3.00. The molecule has 2 aromatic rings. The molecule has 0 fully saturated rings. The number of hydrogen-bond donors (Lipinski definition) is 3. The highest BCUT2D eigenvalue weighted by molar-refractivity contribution is 14.1. The zero-order chi connectivity index (χ0) is 13.7. The van der Waals surface area contributed by atoms with Gasteiger partial charge in [0.1, 0.15) is 0 Å². The molecule has 0 radical (unpaired) electrons. The molecule has 0 spiro atoms. The zero-order valence-corrected chi connectivity index (χ0v) is 12.3. The first-order valence-electron chi connectivity index (χ1n) is 5.75. The smallest absolute Gasteiger partial charge is 0.170 e. The summed E-state index contributed by atoms with van der Waals surface area (Å²) in [5.41, 5.74) is 8.44. The maximum atomic E-state index is 8.59. The number of nitrogens with one attached hydrogen (secondary N) is 1. The third-order valence-electron chi connectivity index (χ3n) is 2.68. The number of oxime groups is 1. The highest BCUT2D eigenvalue weighted by atomic mass is 127. The normalized spacial score (nSPS) is 11.3. The predicted molar refractivity (Wildman–Crippen MR) is 85.4 cm³/mol. The van der Waals surface area contributed by atoms with E-state index in [0.717, 1.165) is 17.8 Å². The van der Waals surface area contributed by atoms with Gasteiger partial charge in [0, 0.05) is 21.4 Å². The van der Waals surface area contributed by atoms with Gasteiger partial charge in [-0.05, 0) is 46.4 Å². The second kappa shape index (κ2) is 6.42. The van der Waals surface area contributed by atoms with E-state index in [9.17, 15) is 0 Å². The molecule has 0 saturated heterocycles. The lowest BCUT2D eigenvalue weighted by atomic mass is 10.1. The largest absolute Gasteiger partial charge is 0.409 e. The molecule has 0 heterocycles. The van der Waals surface area contributed by atoms with E-state index in [2.05, 4.69) is 45.2 Å². The monoisotopic (exact) mass is 367 g/mol. The molecule has 0 amide bonds. The molecule has 2 aromatic carbocycles. The first-order chi connectivity index (χ1) is 9.19. The number of anilines is 1. The minimum Gasteiger partial charge on any atom is -0.409 e. The number of nitrogens with two attached hydrogens (primary N) is 1. The molecule has 0 aliphatic heterocycles. The minimum atomic E-state index is 0.122. The highest BCUT2D eigenvalue weighted by Crippen LogP contribution is 2.14. The van der Waals surface area contributed by atoms with E-state index in [0.29, 0.717) is 5.56 Å². The van der Waals surface area contributed by atoms with Crippen molar-refractivity contribution < 1.29 is 5.21 Å². The number of rotatable bonds is 4. The van der Waals surface area contributed by atoms with E-state index in [-0.39, 0.29) is 5.84 Å². The summed E-state index contributed by atoms with van der Waals surface area (Å²) >= 11 is 2.28. The fourth-order valence-electron chi connectivity index (χ4n) is 1.65. The van der Waals surface area contributed by atoms with Crippen LogP contribution in [0, 0.1) is 3.57 Å². The summed E-state index contributed by atoms with van der Waals surface area (Å²) in [5.74, 6) is 0.122. The van der Waals surface area contributed by atoms with Crippen LogP contribution in [0.2, 0.25) is 0 Å². The molecular formula is C14H14IN3O. The standard InChI is InChI=1S/C14H14IN3O/c15-12-2-1-3-13(8-12)17-9-10-4-6-11(7-5-10)14(16)18-19/h1-8,17,19H,9H2,(H2,16,18). The van der Waals surface area contributed by atoms with Crippen molar-refractivity contribution in [3.8, 4) is 0 Å². The third kappa shape index (κ3) is 3.85. The quantitative estimate of drug-likeness (QED) is 0.256. The summed E-state index contributed by atoms with van der Waals surface area (Å²) < 4.78 is 1.20. The molecule has 0 saturated carbocycles. The number of nitrogens with zero attached hydrogens (tertiary/aromatic N) is 1. The fraction of sp³-hybridized carbons (Fsp3) is 0.0714. The molecule has 0 aliphatic rings. The van der Waals surface area contributed by atoms with Gasteiger partial charge in [-0.15, -0.1) is 0 Å². The Hall–Kier alpha value is -1.76. The van der Waals surface area contributed by atoms with Gasteiger partial charge >= 0.3 is 0 Å². The Morgan fingerprint density at radius 3 is 2.58 bits per heavy atom. The van der Waals surface area contributed by atoms with Crippen molar-refractivity contribution in [2.45, 2.75) is 6.54 Å². The van der Waals surface area contributed by atoms with Crippen LogP contribution in [0.3, 0.4) is 0 Å². The van der Waals surface area contributed by atoms with Gasteiger partial charge in [0.15, 0.2) is 5.84 Å². The molecule has 4 N–H and O–H groups in total. The summed E-state index contributed by atoms with van der Waals surface area (Å²) in [6, 6.07) is 15.8. The Balaban J connectivity index is 2.00. The first kappa shape index (κ1) is 13.7. The van der Waals surface area contributed by atoms with E-state index in [4.69, 9.17) is 10.9 Å². The molecule has 19 heavy (non-hydrogen) atoms. The second-order valence-corrected chi connectivity index (χ2v) is 5.29. The van der Waals surface area contributed by atoms with E-state index >= 15 is 0 Å². The molecule has 0 bridgehead atoms. The molecule has 0 unspecified atom stereocenters. The maximum Gasteiger partial charge on any atom is 0.170 e. The van der Waals surface area contributed by atoms with Gasteiger partial charge in [-0.25, -0.2) is 0 Å². The Kier molecular flexibility index (Phi) is 4.62. The lowest BCUT2D eigenvalue weighted by Gasteiger charge is -2.07. The van der Waals surface area contributed by atoms with Crippen LogP contribution in [0.15, 0.2) is 53.7 Å². The highest BCUT2D eigenvalue weighted by Gasteiger charge is 1.99. The zero-order valence-electron chi connectivity index (χ0n) is 10.2. The minimum absolute atomic E-state index is 0.122. The van der Waals surface area contributed by atoms with Gasteiger partial charge in [0.25, 0.3) is 0 Å². The Morgan fingerprint density at radius 1 is 1.21 bits per heavy atom. The van der Waals surface area contributed by atoms with Crippen molar-refractivity contribution in [3.05, 3.63) is 63.2 Å². The lowest BCUT2D eigenvalue weighted by Crippen LogP contribution is -2.13. The van der Waals surface area contributed by atoms with Gasteiger partial charge in [0.05, 0.1) is 0 Å². The van der Waals surface area contributed by atoms with Crippen LogP contribution in [0.5, 0.6) is 0 Å². The van der Waals surface area contributed by atoms with Gasteiger partial charge < -0.3 is 16.3 Å². The summed E-state index contributed by atoms with van der Waals surface area (Å²) in [6.45, 7) is 0.733. The topological polar surface area (TPSA) is 70.6 Å².